The van der Waals surface area contributed by atoms with Gasteiger partial charge < -0.3 is 0 Å². The van der Waals surface area contributed by atoms with Gasteiger partial charge in [-0.05, 0) is 159 Å². The van der Waals surface area contributed by atoms with E-state index >= 15 is 0 Å². The molecule has 0 saturated carbocycles. The SMILES string of the molecule is C#Cc1ccc2ccccc2c1.CC#Cc1ccc2ccccc2c1.C[Si](C)(C)C#Cc1ccc2ccccc2c1.O=C1c2ccc(Br)cc2C(=O)N1c1ccccc1.O=C1c2ccc(C#Cc3ccc4ccccc4c3)cc2C(=O)N1c1ccccc1. The molecule has 0 N–H and O–H groups in total. The van der Waals surface area contributed by atoms with Crippen LogP contribution in [-0.2, 0) is 0 Å². The lowest BCUT2D eigenvalue weighted by molar-refractivity contribution is 0.0910. The second-order valence-electron chi connectivity index (χ2n) is 21.5. The van der Waals surface area contributed by atoms with Crippen molar-refractivity contribution in [2.24, 2.45) is 0 Å². The molecule has 2 aliphatic rings. The largest absolute Gasteiger partial charge is 0.268 e. The zero-order valence-corrected chi connectivity index (χ0v) is 51.5. The fourth-order valence-corrected chi connectivity index (χ4v) is 10.7. The molecule has 0 spiro atoms. The summed E-state index contributed by atoms with van der Waals surface area (Å²) in [6, 6.07) is 86.0. The molecule has 0 atom stereocenters. The maximum Gasteiger partial charge on any atom is 0.266 e. The normalized spacial score (nSPS) is 11.7. The Labute approximate surface area is 523 Å². The predicted molar refractivity (Wildman–Crippen MR) is 368 cm³/mol. The van der Waals surface area contributed by atoms with E-state index in [4.69, 9.17) is 6.42 Å². The first-order valence-corrected chi connectivity index (χ1v) is 32.7. The highest BCUT2D eigenvalue weighted by atomic mass is 79.9. The average Bonchev–Trinajstić information content (AvgIpc) is 3.31. The molecule has 0 radical (unpaired) electrons. The van der Waals surface area contributed by atoms with E-state index < -0.39 is 8.07 Å². The molecule has 14 rings (SSSR count). The van der Waals surface area contributed by atoms with Gasteiger partial charge in [0.15, 0.2) is 0 Å². The van der Waals surface area contributed by atoms with E-state index in [1.54, 1.807) is 84.9 Å². The van der Waals surface area contributed by atoms with Gasteiger partial charge in [-0.15, -0.1) is 17.9 Å². The smallest absolute Gasteiger partial charge is 0.266 e. The Kier molecular flexibility index (Phi) is 18.9. The standard InChI is InChI=1S/C26H15NO2.C15H16Si.C14H8BrNO2.C13H10.C12H8/c28-25-23-15-13-19(11-10-18-12-14-20-6-4-5-7-21(20)16-18)17-24(23)26(29)27(25)22-8-2-1-3-9-22;1-16(2,3)11-10-13-8-9-14-6-4-5-7-15(14)12-13;15-9-6-7-11-12(8-9)14(18)16(13(11)17)10-4-2-1-3-5-10;1-2-5-11-8-9-12-6-3-4-7-13(12)10-11;1-2-10-7-8-11-5-3-4-6-12(11)9-10/h1-9,12-17H;4-9,12H,1-3H3;1-8H;3-4,6-10H,1H3;1,3-9H. The van der Waals surface area contributed by atoms with E-state index in [-0.39, 0.29) is 23.6 Å². The van der Waals surface area contributed by atoms with Gasteiger partial charge in [0.25, 0.3) is 23.6 Å². The molecule has 4 amide bonds. The number of benzene rings is 12. The van der Waals surface area contributed by atoms with Gasteiger partial charge in [0.2, 0.25) is 0 Å². The van der Waals surface area contributed by atoms with Crippen molar-refractivity contribution in [1.29, 1.82) is 0 Å². The Morgan fingerprint density at radius 1 is 0.330 bits per heavy atom. The molecular weight excluding hydrogens is 1160 g/mol. The second kappa shape index (κ2) is 27.7. The van der Waals surface area contributed by atoms with E-state index in [2.05, 4.69) is 174 Å². The van der Waals surface area contributed by atoms with Crippen LogP contribution < -0.4 is 9.80 Å². The second-order valence-corrected chi connectivity index (χ2v) is 27.2. The number of imide groups is 2. The van der Waals surface area contributed by atoms with Gasteiger partial charge in [-0.3, -0.25) is 19.2 Å². The molecule has 0 bridgehead atoms. The van der Waals surface area contributed by atoms with Gasteiger partial charge in [0, 0.05) is 32.3 Å². The fourth-order valence-electron chi connectivity index (χ4n) is 9.78. The molecule has 6 nitrogen and oxygen atoms in total. The number of fused-ring (bicyclic) bond motifs is 6. The topological polar surface area (TPSA) is 74.8 Å². The van der Waals surface area contributed by atoms with Crippen LogP contribution in [0.5, 0.6) is 0 Å². The zero-order chi connectivity index (χ0) is 61.6. The van der Waals surface area contributed by atoms with Crippen LogP contribution in [0, 0.1) is 47.5 Å². The predicted octanol–water partition coefficient (Wildman–Crippen LogP) is 18.4. The van der Waals surface area contributed by atoms with Crippen LogP contribution in [-0.4, -0.2) is 31.7 Å². The Hall–Kier alpha value is -11.1. The number of halogens is 1. The van der Waals surface area contributed by atoms with Crippen molar-refractivity contribution in [3.05, 3.63) is 321 Å². The monoisotopic (exact) mass is 1220 g/mol. The Morgan fingerprint density at radius 2 is 0.648 bits per heavy atom. The third-order valence-corrected chi connectivity index (χ3v) is 15.5. The van der Waals surface area contributed by atoms with Crippen LogP contribution in [0.2, 0.25) is 19.6 Å². The summed E-state index contributed by atoms with van der Waals surface area (Å²) >= 11 is 3.31. The molecule has 12 aromatic rings. The van der Waals surface area contributed by atoms with Crippen molar-refractivity contribution in [1.82, 2.24) is 0 Å². The number of terminal acetylenes is 1. The molecule has 8 heteroatoms. The summed E-state index contributed by atoms with van der Waals surface area (Å²) in [6.07, 6.45) is 5.29. The van der Waals surface area contributed by atoms with Gasteiger partial charge in [-0.1, -0.05) is 223 Å². The maximum absolute atomic E-state index is 12.8. The number of amides is 4. The van der Waals surface area contributed by atoms with Crippen molar-refractivity contribution in [3.63, 3.8) is 0 Å². The molecule has 0 saturated heterocycles. The molecule has 0 unspecified atom stereocenters. The Morgan fingerprint density at radius 3 is 1.06 bits per heavy atom. The van der Waals surface area contributed by atoms with E-state index in [0.29, 0.717) is 39.2 Å². The highest BCUT2D eigenvalue weighted by molar-refractivity contribution is 9.10. The number of rotatable bonds is 2. The van der Waals surface area contributed by atoms with Gasteiger partial charge >= 0.3 is 0 Å². The summed E-state index contributed by atoms with van der Waals surface area (Å²) in [5, 5.41) is 9.80. The molecule has 12 aromatic carbocycles. The summed E-state index contributed by atoms with van der Waals surface area (Å²) in [4.78, 5) is 52.4. The molecule has 2 aliphatic heterocycles. The molecule has 422 valence electrons. The van der Waals surface area contributed by atoms with Gasteiger partial charge in [-0.25, -0.2) is 9.80 Å². The van der Waals surface area contributed by atoms with Crippen LogP contribution in [0.4, 0.5) is 11.4 Å². The highest BCUT2D eigenvalue weighted by Crippen LogP contribution is 2.31. The van der Waals surface area contributed by atoms with Crippen LogP contribution in [0.3, 0.4) is 0 Å². The first kappa shape index (κ1) is 60.0. The van der Waals surface area contributed by atoms with E-state index in [1.165, 1.54) is 47.5 Å². The van der Waals surface area contributed by atoms with Crippen LogP contribution in [0.25, 0.3) is 43.1 Å². The Bertz CT molecular complexity index is 4890. The van der Waals surface area contributed by atoms with E-state index in [9.17, 15) is 19.2 Å². The van der Waals surface area contributed by atoms with Crippen molar-refractivity contribution in [2.45, 2.75) is 26.6 Å². The van der Waals surface area contributed by atoms with Gasteiger partial charge in [0.1, 0.15) is 8.07 Å². The number of nitrogens with zero attached hydrogens (tertiary/aromatic N) is 2. The fraction of sp³-hybridized carbons (Fsp3) is 0.0500. The Balaban J connectivity index is 0.000000127. The average molecular weight is 1220 g/mol. The number of hydrogen-bond acceptors (Lipinski definition) is 4. The lowest BCUT2D eigenvalue weighted by atomic mass is 10.0. The van der Waals surface area contributed by atoms with Gasteiger partial charge in [-0.2, -0.15) is 0 Å². The lowest BCUT2D eigenvalue weighted by Crippen LogP contribution is -2.29. The summed E-state index contributed by atoms with van der Waals surface area (Å²) in [6.45, 7) is 8.65. The number of carbonyl (C=O) groups is 4. The van der Waals surface area contributed by atoms with Crippen molar-refractivity contribution >= 4 is 102 Å². The van der Waals surface area contributed by atoms with Crippen molar-refractivity contribution < 1.29 is 19.2 Å². The van der Waals surface area contributed by atoms with Crippen molar-refractivity contribution in [3.8, 4) is 47.5 Å². The molecule has 0 aliphatic carbocycles. The minimum atomic E-state index is -1.27. The van der Waals surface area contributed by atoms with Crippen molar-refractivity contribution in [2.75, 3.05) is 9.80 Å². The van der Waals surface area contributed by atoms with Gasteiger partial charge in [0.05, 0.1) is 33.6 Å². The number of anilines is 2. The summed E-state index contributed by atoms with van der Waals surface area (Å²) in [5.41, 5.74) is 11.0. The third-order valence-electron chi connectivity index (χ3n) is 14.1. The molecule has 0 fully saturated rings. The molecule has 2 heterocycles. The minimum absolute atomic E-state index is 0.270. The third kappa shape index (κ3) is 14.7. The lowest BCUT2D eigenvalue weighted by Gasteiger charge is -2.13. The first-order chi connectivity index (χ1) is 42.7. The van der Waals surface area contributed by atoms with Crippen LogP contribution >= 0.6 is 15.9 Å². The number of hydrogen-bond donors (Lipinski definition) is 0. The number of para-hydroxylation sites is 2. The van der Waals surface area contributed by atoms with E-state index in [0.717, 1.165) is 32.1 Å². The van der Waals surface area contributed by atoms with Crippen LogP contribution in [0.15, 0.2) is 271 Å². The van der Waals surface area contributed by atoms with E-state index in [1.807, 2.05) is 91.9 Å². The summed E-state index contributed by atoms with van der Waals surface area (Å²) < 4.78 is 0.789. The maximum atomic E-state index is 12.8. The minimum Gasteiger partial charge on any atom is -0.268 e. The quantitative estimate of drug-likeness (QED) is 0.0982. The molecule has 88 heavy (non-hydrogen) atoms. The summed E-state index contributed by atoms with van der Waals surface area (Å²) in [5.74, 6) is 17.0. The summed E-state index contributed by atoms with van der Waals surface area (Å²) in [7, 11) is -1.27. The first-order valence-electron chi connectivity index (χ1n) is 28.4. The zero-order valence-electron chi connectivity index (χ0n) is 48.9. The number of carbonyl (C=O) groups excluding carboxylic acids is 4. The van der Waals surface area contributed by atoms with Crippen LogP contribution in [0.1, 0.15) is 76.2 Å². The highest BCUT2D eigenvalue weighted by Gasteiger charge is 2.37. The molecular formula is C80H57BrN2O4Si. The molecule has 0 aromatic heterocycles.